The van der Waals surface area contributed by atoms with E-state index in [4.69, 9.17) is 9.26 Å². The minimum Gasteiger partial charge on any atom is -0.371 e. The topological polar surface area (TPSA) is 76.6 Å². The number of rotatable bonds is 3. The van der Waals surface area contributed by atoms with Gasteiger partial charge in [0.15, 0.2) is 0 Å². The van der Waals surface area contributed by atoms with E-state index in [1.165, 1.54) is 23.0 Å². The second-order valence-corrected chi connectivity index (χ2v) is 7.73. The van der Waals surface area contributed by atoms with E-state index in [0.29, 0.717) is 24.6 Å². The van der Waals surface area contributed by atoms with E-state index in [-0.39, 0.29) is 43.2 Å². The molecule has 0 radical (unpaired) electrons. The molecule has 2 unspecified atom stereocenters. The zero-order valence-corrected chi connectivity index (χ0v) is 15.5. The first-order chi connectivity index (χ1) is 13.9. The Bertz CT molecular complexity index is 933. The summed E-state index contributed by atoms with van der Waals surface area (Å²) in [6.07, 6.45) is -1.34. The summed E-state index contributed by atoms with van der Waals surface area (Å²) in [7, 11) is 0. The molecule has 11 heteroatoms. The van der Waals surface area contributed by atoms with Gasteiger partial charge in [0.25, 0.3) is 5.56 Å². The first kappa shape index (κ1) is 18.5. The predicted molar refractivity (Wildman–Crippen MR) is 95.8 cm³/mol. The summed E-state index contributed by atoms with van der Waals surface area (Å²) < 4.78 is 53.1. The fourth-order valence-electron chi connectivity index (χ4n) is 4.44. The molecule has 3 aliphatic rings. The Hall–Kier alpha value is -2.56. The van der Waals surface area contributed by atoms with E-state index in [0.717, 1.165) is 17.7 Å². The van der Waals surface area contributed by atoms with Crippen molar-refractivity contribution in [3.05, 3.63) is 34.4 Å². The van der Waals surface area contributed by atoms with E-state index >= 15 is 0 Å². The maximum Gasteiger partial charge on any atom is 0.408 e. The monoisotopic (exact) mass is 411 g/mol. The number of anilines is 2. The van der Waals surface area contributed by atoms with Gasteiger partial charge < -0.3 is 19.1 Å². The minimum absolute atomic E-state index is 0.0166. The van der Waals surface area contributed by atoms with Crippen LogP contribution in [0.15, 0.2) is 27.7 Å². The fraction of sp³-hybridized carbons (Fsp3) is 0.611. The highest BCUT2D eigenvalue weighted by Gasteiger charge is 2.47. The normalized spacial score (nSPS) is 26.7. The first-order valence-electron chi connectivity index (χ1n) is 9.63. The molecule has 0 aromatic carbocycles. The van der Waals surface area contributed by atoms with Gasteiger partial charge in [0.05, 0.1) is 18.8 Å². The van der Waals surface area contributed by atoms with E-state index in [9.17, 15) is 18.0 Å². The molecule has 3 atom stereocenters. The molecule has 2 aromatic rings. The van der Waals surface area contributed by atoms with Crippen LogP contribution in [0.25, 0.3) is 0 Å². The van der Waals surface area contributed by atoms with Crippen LogP contribution in [-0.4, -0.2) is 52.2 Å². The van der Waals surface area contributed by atoms with Crippen molar-refractivity contribution in [2.75, 3.05) is 22.9 Å². The largest absolute Gasteiger partial charge is 0.408 e. The smallest absolute Gasteiger partial charge is 0.371 e. The zero-order chi connectivity index (χ0) is 20.2. The van der Waals surface area contributed by atoms with Crippen molar-refractivity contribution in [1.82, 2.24) is 14.7 Å². The number of fused-ring (bicyclic) bond motifs is 3. The van der Waals surface area contributed by atoms with Crippen molar-refractivity contribution in [2.24, 2.45) is 0 Å². The number of hydrogen-bond acceptors (Lipinski definition) is 7. The zero-order valence-electron chi connectivity index (χ0n) is 15.5. The Morgan fingerprint density at radius 3 is 2.59 bits per heavy atom. The highest BCUT2D eigenvalue weighted by Crippen LogP contribution is 2.36. The lowest BCUT2D eigenvalue weighted by atomic mass is 10.1. The van der Waals surface area contributed by atoms with Crippen molar-refractivity contribution in [1.29, 1.82) is 0 Å². The van der Waals surface area contributed by atoms with Crippen LogP contribution in [0.2, 0.25) is 0 Å². The van der Waals surface area contributed by atoms with Crippen molar-refractivity contribution >= 4 is 11.8 Å². The highest BCUT2D eigenvalue weighted by molar-refractivity contribution is 5.47. The molecule has 2 fully saturated rings. The van der Waals surface area contributed by atoms with Gasteiger partial charge in [0.2, 0.25) is 5.95 Å². The quantitative estimate of drug-likeness (QED) is 0.764. The fourth-order valence-corrected chi connectivity index (χ4v) is 4.44. The third-order valence-electron chi connectivity index (χ3n) is 5.80. The van der Waals surface area contributed by atoms with Crippen molar-refractivity contribution in [3.8, 4) is 0 Å². The number of nitrogens with zero attached hydrogens (tertiary/aromatic N) is 5. The molecule has 29 heavy (non-hydrogen) atoms. The van der Waals surface area contributed by atoms with Crippen LogP contribution in [0.4, 0.5) is 24.9 Å². The van der Waals surface area contributed by atoms with Gasteiger partial charge in [0, 0.05) is 31.8 Å². The van der Waals surface area contributed by atoms with E-state index in [2.05, 4.69) is 10.1 Å². The molecule has 2 bridgehead atoms. The maximum atomic E-state index is 13.8. The lowest BCUT2D eigenvalue weighted by Gasteiger charge is -2.39. The van der Waals surface area contributed by atoms with E-state index < -0.39 is 12.2 Å². The molecule has 156 valence electrons. The average molecular weight is 411 g/mol. The van der Waals surface area contributed by atoms with Gasteiger partial charge in [0.1, 0.15) is 23.8 Å². The van der Waals surface area contributed by atoms with Crippen molar-refractivity contribution in [2.45, 2.75) is 56.8 Å². The van der Waals surface area contributed by atoms with E-state index in [1.807, 2.05) is 4.90 Å². The standard InChI is InChI=1S/C18H20F3N5O3/c19-18(20,21)14-3-5-25-16(27)7-15(24-9-12-1-2-13(10-24)29-12)22-17(25)26(14)8-11-4-6-28-23-11/h4,6-7,12-14H,1-3,5,8-10H2/t12-,13?,14?/m0/s1. The number of hydrogen-bond donors (Lipinski definition) is 0. The second-order valence-electron chi connectivity index (χ2n) is 7.73. The summed E-state index contributed by atoms with van der Waals surface area (Å²) in [6.45, 7) is 0.983. The Labute approximate surface area is 163 Å². The number of morpholine rings is 1. The third kappa shape index (κ3) is 3.37. The lowest BCUT2D eigenvalue weighted by Crippen LogP contribution is -2.52. The molecular formula is C18H20F3N5O3. The summed E-state index contributed by atoms with van der Waals surface area (Å²) in [5.74, 6) is 0.414. The predicted octanol–water partition coefficient (Wildman–Crippen LogP) is 1.94. The number of ether oxygens (including phenoxy) is 1. The van der Waals surface area contributed by atoms with Gasteiger partial charge >= 0.3 is 6.18 Å². The highest BCUT2D eigenvalue weighted by atomic mass is 19.4. The van der Waals surface area contributed by atoms with Gasteiger partial charge in [-0.3, -0.25) is 9.36 Å². The summed E-state index contributed by atoms with van der Waals surface area (Å²) in [6, 6.07) is 1.17. The number of alkyl halides is 3. The summed E-state index contributed by atoms with van der Waals surface area (Å²) in [4.78, 5) is 20.3. The summed E-state index contributed by atoms with van der Waals surface area (Å²) >= 11 is 0. The number of aromatic nitrogens is 3. The second kappa shape index (κ2) is 6.75. The molecule has 2 aromatic heterocycles. The van der Waals surface area contributed by atoms with Crippen LogP contribution in [0.5, 0.6) is 0 Å². The lowest BCUT2D eigenvalue weighted by molar-refractivity contribution is -0.153. The molecule has 0 aliphatic carbocycles. The van der Waals surface area contributed by atoms with Crippen molar-refractivity contribution in [3.63, 3.8) is 0 Å². The van der Waals surface area contributed by atoms with Gasteiger partial charge in [-0.15, -0.1) is 0 Å². The van der Waals surface area contributed by atoms with Crippen LogP contribution in [-0.2, 0) is 17.8 Å². The van der Waals surface area contributed by atoms with Crippen LogP contribution in [0, 0.1) is 0 Å². The summed E-state index contributed by atoms with van der Waals surface area (Å²) in [5, 5.41) is 3.74. The van der Waals surface area contributed by atoms with Crippen LogP contribution >= 0.6 is 0 Å². The van der Waals surface area contributed by atoms with Crippen molar-refractivity contribution < 1.29 is 22.4 Å². The molecule has 5 heterocycles. The van der Waals surface area contributed by atoms with Gasteiger partial charge in [-0.25, -0.2) is 0 Å². The van der Waals surface area contributed by atoms with Crippen LogP contribution < -0.4 is 15.4 Å². The molecule has 3 aliphatic heterocycles. The Balaban J connectivity index is 1.55. The van der Waals surface area contributed by atoms with Crippen LogP contribution in [0.1, 0.15) is 25.0 Å². The molecule has 5 rings (SSSR count). The van der Waals surface area contributed by atoms with Gasteiger partial charge in [-0.2, -0.15) is 18.2 Å². The molecule has 8 nitrogen and oxygen atoms in total. The Morgan fingerprint density at radius 2 is 1.93 bits per heavy atom. The maximum absolute atomic E-state index is 13.8. The van der Waals surface area contributed by atoms with Crippen LogP contribution in [0.3, 0.4) is 0 Å². The molecule has 2 saturated heterocycles. The van der Waals surface area contributed by atoms with E-state index in [1.54, 1.807) is 0 Å². The number of halogens is 3. The molecule has 0 amide bonds. The third-order valence-corrected chi connectivity index (χ3v) is 5.80. The summed E-state index contributed by atoms with van der Waals surface area (Å²) in [5.41, 5.74) is -0.00798. The molecule has 0 spiro atoms. The van der Waals surface area contributed by atoms with Gasteiger partial charge in [-0.05, 0) is 19.3 Å². The molecule has 0 saturated carbocycles. The van der Waals surface area contributed by atoms with Gasteiger partial charge in [-0.1, -0.05) is 5.16 Å². The minimum atomic E-state index is -4.46. The molecular weight excluding hydrogens is 391 g/mol. The first-order valence-corrected chi connectivity index (χ1v) is 9.63. The average Bonchev–Trinajstić information content (AvgIpc) is 3.30. The Kier molecular flexibility index (Phi) is 4.30. The Morgan fingerprint density at radius 1 is 1.17 bits per heavy atom. The molecule has 0 N–H and O–H groups in total. The SMILES string of the molecule is O=c1cc(N2CC3CC[C@@H](C2)O3)nc2n1CCC(C(F)(F)F)N2Cc1ccon1.